The van der Waals surface area contributed by atoms with Gasteiger partial charge in [0.15, 0.2) is 0 Å². The van der Waals surface area contributed by atoms with Crippen molar-refractivity contribution in [3.8, 4) is 5.82 Å². The zero-order valence-electron chi connectivity index (χ0n) is 18.9. The lowest BCUT2D eigenvalue weighted by Gasteiger charge is -2.41. The monoisotopic (exact) mass is 438 g/mol. The van der Waals surface area contributed by atoms with E-state index in [0.717, 1.165) is 30.2 Å². The molecule has 2 aliphatic heterocycles. The van der Waals surface area contributed by atoms with Crippen molar-refractivity contribution in [3.05, 3.63) is 42.1 Å². The molecule has 4 heterocycles. The van der Waals surface area contributed by atoms with Gasteiger partial charge in [-0.05, 0) is 45.7 Å². The standard InChI is InChI=1S/C23H30N6O3/c1-16-24-11-14-27(16)19-8-4-6-17(26-19)18-7-5-13-28(18)20(30)9-10-21(31)29-15-12-25-22(32)23(29,2)3/h4,6,8,11,14,18H,5,7,9-10,12-13,15H2,1-3H3,(H,25,32)/t18-/m1/s1. The number of hydrogen-bond donors (Lipinski definition) is 1. The quantitative estimate of drug-likeness (QED) is 0.767. The average Bonchev–Trinajstić information content (AvgIpc) is 3.43. The molecule has 0 bridgehead atoms. The molecule has 2 fully saturated rings. The Kier molecular flexibility index (Phi) is 5.99. The fourth-order valence-electron chi connectivity index (χ4n) is 4.58. The van der Waals surface area contributed by atoms with Crippen LogP contribution in [0.15, 0.2) is 30.6 Å². The van der Waals surface area contributed by atoms with E-state index in [1.807, 2.05) is 40.8 Å². The molecule has 1 atom stereocenters. The molecule has 0 aromatic carbocycles. The zero-order chi connectivity index (χ0) is 22.9. The molecule has 2 aliphatic rings. The molecule has 0 spiro atoms. The fourth-order valence-corrected chi connectivity index (χ4v) is 4.58. The minimum absolute atomic E-state index is 0.0499. The van der Waals surface area contributed by atoms with E-state index in [-0.39, 0.29) is 36.6 Å². The number of nitrogens with one attached hydrogen (secondary N) is 1. The largest absolute Gasteiger partial charge is 0.352 e. The van der Waals surface area contributed by atoms with Crippen LogP contribution in [0.2, 0.25) is 0 Å². The number of hydrogen-bond acceptors (Lipinski definition) is 5. The highest BCUT2D eigenvalue weighted by molar-refractivity contribution is 5.93. The van der Waals surface area contributed by atoms with E-state index < -0.39 is 5.54 Å². The fraction of sp³-hybridized carbons (Fsp3) is 0.522. The minimum atomic E-state index is -0.898. The van der Waals surface area contributed by atoms with E-state index in [0.29, 0.717) is 19.6 Å². The summed E-state index contributed by atoms with van der Waals surface area (Å²) in [5, 5.41) is 2.79. The number of aromatic nitrogens is 3. The van der Waals surface area contributed by atoms with E-state index in [1.54, 1.807) is 24.9 Å². The van der Waals surface area contributed by atoms with Crippen molar-refractivity contribution in [2.75, 3.05) is 19.6 Å². The number of pyridine rings is 1. The van der Waals surface area contributed by atoms with Gasteiger partial charge in [0.2, 0.25) is 17.7 Å². The van der Waals surface area contributed by atoms with Crippen LogP contribution in [0.5, 0.6) is 0 Å². The highest BCUT2D eigenvalue weighted by Gasteiger charge is 2.40. The number of nitrogens with zero attached hydrogens (tertiary/aromatic N) is 5. The first-order valence-corrected chi connectivity index (χ1v) is 11.1. The number of amides is 3. The third kappa shape index (κ3) is 4.11. The van der Waals surface area contributed by atoms with E-state index in [4.69, 9.17) is 4.98 Å². The third-order valence-electron chi connectivity index (χ3n) is 6.45. The summed E-state index contributed by atoms with van der Waals surface area (Å²) in [5.74, 6) is 1.25. The lowest BCUT2D eigenvalue weighted by Crippen LogP contribution is -2.63. The van der Waals surface area contributed by atoms with Gasteiger partial charge in [-0.3, -0.25) is 19.0 Å². The Morgan fingerprint density at radius 2 is 1.97 bits per heavy atom. The summed E-state index contributed by atoms with van der Waals surface area (Å²) in [6.45, 7) is 6.95. The Labute approximate surface area is 187 Å². The molecule has 0 aliphatic carbocycles. The van der Waals surface area contributed by atoms with E-state index in [9.17, 15) is 14.4 Å². The molecule has 2 aromatic rings. The van der Waals surface area contributed by atoms with Crippen molar-refractivity contribution < 1.29 is 14.4 Å². The third-order valence-corrected chi connectivity index (χ3v) is 6.45. The number of carbonyl (C=O) groups is 3. The van der Waals surface area contributed by atoms with Gasteiger partial charge in [0.05, 0.1) is 11.7 Å². The van der Waals surface area contributed by atoms with Gasteiger partial charge in [-0.2, -0.15) is 0 Å². The van der Waals surface area contributed by atoms with Crippen LogP contribution in [0.4, 0.5) is 0 Å². The normalized spacial score (nSPS) is 20.3. The highest BCUT2D eigenvalue weighted by Crippen LogP contribution is 2.32. The van der Waals surface area contributed by atoms with Crippen LogP contribution >= 0.6 is 0 Å². The second kappa shape index (κ2) is 8.72. The first-order chi connectivity index (χ1) is 15.3. The second-order valence-electron chi connectivity index (χ2n) is 8.87. The molecule has 170 valence electrons. The summed E-state index contributed by atoms with van der Waals surface area (Å²) in [5.41, 5.74) is -0.0497. The van der Waals surface area contributed by atoms with Gasteiger partial charge in [-0.15, -0.1) is 0 Å². The molecule has 32 heavy (non-hydrogen) atoms. The molecule has 0 saturated carbocycles. The Bertz CT molecular complexity index is 1030. The first-order valence-electron chi connectivity index (χ1n) is 11.1. The maximum Gasteiger partial charge on any atom is 0.245 e. The summed E-state index contributed by atoms with van der Waals surface area (Å²) in [6, 6.07) is 5.73. The van der Waals surface area contributed by atoms with Gasteiger partial charge in [-0.25, -0.2) is 9.97 Å². The van der Waals surface area contributed by atoms with Crippen LogP contribution in [0.1, 0.15) is 57.1 Å². The summed E-state index contributed by atoms with van der Waals surface area (Å²) in [7, 11) is 0. The predicted molar refractivity (Wildman–Crippen MR) is 118 cm³/mol. The molecule has 4 rings (SSSR count). The maximum atomic E-state index is 13.0. The summed E-state index contributed by atoms with van der Waals surface area (Å²) < 4.78 is 1.92. The van der Waals surface area contributed by atoms with Crippen LogP contribution in [-0.4, -0.2) is 67.2 Å². The Hall–Kier alpha value is -3.23. The molecule has 2 saturated heterocycles. The van der Waals surface area contributed by atoms with Gasteiger partial charge in [0.1, 0.15) is 17.2 Å². The molecule has 3 amide bonds. The summed E-state index contributed by atoms with van der Waals surface area (Å²) in [4.78, 5) is 50.4. The van der Waals surface area contributed by atoms with E-state index in [2.05, 4.69) is 10.3 Å². The number of rotatable bonds is 5. The molecular formula is C23H30N6O3. The van der Waals surface area contributed by atoms with E-state index >= 15 is 0 Å². The molecule has 1 N–H and O–H groups in total. The van der Waals surface area contributed by atoms with Crippen molar-refractivity contribution in [1.29, 1.82) is 0 Å². The SMILES string of the molecule is Cc1nccn1-c1cccc([C@H]2CCCN2C(=O)CCC(=O)N2CCNC(=O)C2(C)C)n1. The molecule has 0 unspecified atom stereocenters. The van der Waals surface area contributed by atoms with Crippen molar-refractivity contribution in [2.45, 2.75) is 58.0 Å². The number of carbonyl (C=O) groups excluding carboxylic acids is 3. The van der Waals surface area contributed by atoms with Crippen LogP contribution in [0.25, 0.3) is 5.82 Å². The smallest absolute Gasteiger partial charge is 0.245 e. The molecule has 9 heteroatoms. The lowest BCUT2D eigenvalue weighted by atomic mass is 9.98. The predicted octanol–water partition coefficient (Wildman–Crippen LogP) is 1.76. The zero-order valence-corrected chi connectivity index (χ0v) is 18.9. The van der Waals surface area contributed by atoms with Gasteiger partial charge in [0.25, 0.3) is 0 Å². The topological polar surface area (TPSA) is 100 Å². The van der Waals surface area contributed by atoms with Crippen molar-refractivity contribution in [2.24, 2.45) is 0 Å². The van der Waals surface area contributed by atoms with Crippen LogP contribution < -0.4 is 5.32 Å². The molecular weight excluding hydrogens is 408 g/mol. The Morgan fingerprint density at radius 3 is 2.72 bits per heavy atom. The lowest BCUT2D eigenvalue weighted by molar-refractivity contribution is -0.150. The van der Waals surface area contributed by atoms with Crippen molar-refractivity contribution in [1.82, 2.24) is 29.7 Å². The van der Waals surface area contributed by atoms with Gasteiger partial charge in [0, 0.05) is 44.9 Å². The Balaban J connectivity index is 1.43. The number of aryl methyl sites for hydroxylation is 1. The van der Waals surface area contributed by atoms with E-state index in [1.165, 1.54) is 0 Å². The number of likely N-dealkylation sites (tertiary alicyclic amines) is 1. The van der Waals surface area contributed by atoms with Gasteiger partial charge >= 0.3 is 0 Å². The first kappa shape index (κ1) is 22.0. The van der Waals surface area contributed by atoms with Crippen molar-refractivity contribution >= 4 is 17.7 Å². The summed E-state index contributed by atoms with van der Waals surface area (Å²) in [6.07, 6.45) is 5.58. The van der Waals surface area contributed by atoms with Crippen LogP contribution in [-0.2, 0) is 14.4 Å². The number of imidazole rings is 1. The average molecular weight is 439 g/mol. The maximum absolute atomic E-state index is 13.0. The molecule has 9 nitrogen and oxygen atoms in total. The van der Waals surface area contributed by atoms with Gasteiger partial charge < -0.3 is 15.1 Å². The minimum Gasteiger partial charge on any atom is -0.352 e. The van der Waals surface area contributed by atoms with Crippen LogP contribution in [0, 0.1) is 6.92 Å². The highest BCUT2D eigenvalue weighted by atomic mass is 16.2. The van der Waals surface area contributed by atoms with Crippen LogP contribution in [0.3, 0.4) is 0 Å². The molecule has 2 aromatic heterocycles. The summed E-state index contributed by atoms with van der Waals surface area (Å²) >= 11 is 0. The van der Waals surface area contributed by atoms with Gasteiger partial charge in [-0.1, -0.05) is 6.07 Å². The number of piperazine rings is 1. The second-order valence-corrected chi connectivity index (χ2v) is 8.87. The Morgan fingerprint density at radius 1 is 1.19 bits per heavy atom. The van der Waals surface area contributed by atoms with Crippen molar-refractivity contribution in [3.63, 3.8) is 0 Å². The molecule has 0 radical (unpaired) electrons.